The fourth-order valence-corrected chi connectivity index (χ4v) is 2.43. The summed E-state index contributed by atoms with van der Waals surface area (Å²) in [7, 11) is 0. The van der Waals surface area contributed by atoms with Crippen molar-refractivity contribution in [3.8, 4) is 17.0 Å². The highest BCUT2D eigenvalue weighted by molar-refractivity contribution is 5.92. The highest BCUT2D eigenvalue weighted by atomic mass is 16.4. The number of aromatic carboxylic acids is 1. The Balaban J connectivity index is 2.30. The second-order valence-corrected chi connectivity index (χ2v) is 4.72. The first-order valence-corrected chi connectivity index (χ1v) is 6.58. The number of fused-ring (bicyclic) bond motifs is 1. The van der Waals surface area contributed by atoms with Gasteiger partial charge in [-0.3, -0.25) is 4.79 Å². The standard InChI is InChI=1S/C15H12N2O5/c1-2-8-12(17-14(19)11(13(8)18)15(20)21)7-3-4-9-10(5-7)22-6-16-9/h3-6H,2H2,1H3,(H,20,21)(H2,17,18,19). The van der Waals surface area contributed by atoms with E-state index in [-0.39, 0.29) is 0 Å². The van der Waals surface area contributed by atoms with Crippen LogP contribution < -0.4 is 5.56 Å². The molecule has 1 aromatic carbocycles. The normalized spacial score (nSPS) is 11.0. The molecule has 0 bridgehead atoms. The fourth-order valence-electron chi connectivity index (χ4n) is 2.43. The van der Waals surface area contributed by atoms with Gasteiger partial charge in [-0.2, -0.15) is 0 Å². The van der Waals surface area contributed by atoms with Gasteiger partial charge in [0.05, 0.1) is 5.69 Å². The number of benzene rings is 1. The van der Waals surface area contributed by atoms with Crippen molar-refractivity contribution in [1.29, 1.82) is 0 Å². The van der Waals surface area contributed by atoms with Crippen molar-refractivity contribution < 1.29 is 19.4 Å². The Morgan fingerprint density at radius 2 is 2.18 bits per heavy atom. The molecular formula is C15H12N2O5. The first-order valence-electron chi connectivity index (χ1n) is 6.58. The van der Waals surface area contributed by atoms with Crippen molar-refractivity contribution in [2.75, 3.05) is 0 Å². The molecule has 0 aliphatic heterocycles. The number of H-pyrrole nitrogens is 1. The van der Waals surface area contributed by atoms with E-state index in [2.05, 4.69) is 9.97 Å². The van der Waals surface area contributed by atoms with Crippen molar-refractivity contribution >= 4 is 17.1 Å². The van der Waals surface area contributed by atoms with Crippen LogP contribution in [0.5, 0.6) is 5.75 Å². The summed E-state index contributed by atoms with van der Waals surface area (Å²) in [6.07, 6.45) is 1.66. The molecule has 0 saturated heterocycles. The predicted molar refractivity (Wildman–Crippen MR) is 78.1 cm³/mol. The topological polar surface area (TPSA) is 116 Å². The van der Waals surface area contributed by atoms with Gasteiger partial charge >= 0.3 is 5.97 Å². The molecule has 0 fully saturated rings. The van der Waals surface area contributed by atoms with Gasteiger partial charge in [0.2, 0.25) is 0 Å². The van der Waals surface area contributed by atoms with Gasteiger partial charge in [-0.15, -0.1) is 0 Å². The van der Waals surface area contributed by atoms with Gasteiger partial charge in [-0.25, -0.2) is 9.78 Å². The van der Waals surface area contributed by atoms with Crippen molar-refractivity contribution in [3.63, 3.8) is 0 Å². The van der Waals surface area contributed by atoms with Gasteiger partial charge in [-0.05, 0) is 18.6 Å². The zero-order valence-electron chi connectivity index (χ0n) is 11.6. The van der Waals surface area contributed by atoms with E-state index in [4.69, 9.17) is 9.52 Å². The van der Waals surface area contributed by atoms with Crippen molar-refractivity contribution in [2.24, 2.45) is 0 Å². The smallest absolute Gasteiger partial charge is 0.345 e. The van der Waals surface area contributed by atoms with Crippen LogP contribution in [-0.4, -0.2) is 26.2 Å². The molecular weight excluding hydrogens is 288 g/mol. The van der Waals surface area contributed by atoms with E-state index in [0.717, 1.165) is 0 Å². The molecule has 7 heteroatoms. The second-order valence-electron chi connectivity index (χ2n) is 4.72. The maximum absolute atomic E-state index is 11.9. The molecule has 22 heavy (non-hydrogen) atoms. The summed E-state index contributed by atoms with van der Waals surface area (Å²) in [6, 6.07) is 5.11. The van der Waals surface area contributed by atoms with Gasteiger partial charge in [-0.1, -0.05) is 13.0 Å². The maximum atomic E-state index is 11.9. The summed E-state index contributed by atoms with van der Waals surface area (Å²) in [5.74, 6) is -1.97. The number of carboxylic acid groups (broad SMARTS) is 1. The molecule has 2 heterocycles. The monoisotopic (exact) mass is 300 g/mol. The van der Waals surface area contributed by atoms with Crippen molar-refractivity contribution in [3.05, 3.63) is 46.1 Å². The van der Waals surface area contributed by atoms with E-state index in [0.29, 0.717) is 34.3 Å². The Hall–Kier alpha value is -3.09. The molecule has 0 spiro atoms. The van der Waals surface area contributed by atoms with E-state index >= 15 is 0 Å². The van der Waals surface area contributed by atoms with Crippen LogP contribution in [0.4, 0.5) is 0 Å². The number of nitrogens with zero attached hydrogens (tertiary/aromatic N) is 1. The quantitative estimate of drug-likeness (QED) is 0.682. The molecule has 2 aromatic heterocycles. The van der Waals surface area contributed by atoms with Crippen LogP contribution >= 0.6 is 0 Å². The molecule has 0 aliphatic rings. The number of aromatic amines is 1. The molecule has 3 aromatic rings. The van der Waals surface area contributed by atoms with E-state index in [1.165, 1.54) is 6.39 Å². The minimum atomic E-state index is -1.47. The number of nitrogens with one attached hydrogen (secondary N) is 1. The van der Waals surface area contributed by atoms with E-state index in [9.17, 15) is 14.7 Å². The fraction of sp³-hybridized carbons (Fsp3) is 0.133. The number of carbonyl (C=O) groups is 1. The molecule has 112 valence electrons. The first-order chi connectivity index (χ1) is 10.5. The molecule has 7 nitrogen and oxygen atoms in total. The zero-order valence-corrected chi connectivity index (χ0v) is 11.6. The highest BCUT2D eigenvalue weighted by Gasteiger charge is 2.22. The lowest BCUT2D eigenvalue weighted by Gasteiger charge is -2.11. The third-order valence-corrected chi connectivity index (χ3v) is 3.48. The van der Waals surface area contributed by atoms with Gasteiger partial charge in [0.1, 0.15) is 11.3 Å². The largest absolute Gasteiger partial charge is 0.506 e. The first kappa shape index (κ1) is 13.9. The summed E-state index contributed by atoms with van der Waals surface area (Å²) in [5, 5.41) is 19.2. The second kappa shape index (κ2) is 5.03. The van der Waals surface area contributed by atoms with Crippen molar-refractivity contribution in [2.45, 2.75) is 13.3 Å². The average molecular weight is 300 g/mol. The van der Waals surface area contributed by atoms with E-state index < -0.39 is 22.8 Å². The van der Waals surface area contributed by atoms with Crippen LogP contribution in [0.2, 0.25) is 0 Å². The molecule has 0 aliphatic carbocycles. The lowest BCUT2D eigenvalue weighted by atomic mass is 10.0. The SMILES string of the molecule is CCc1c(-c2ccc3ncoc3c2)[nH]c(=O)c(C(=O)O)c1O. The van der Waals surface area contributed by atoms with Gasteiger partial charge < -0.3 is 19.6 Å². The summed E-state index contributed by atoms with van der Waals surface area (Å²) < 4.78 is 5.22. The minimum Gasteiger partial charge on any atom is -0.506 e. The van der Waals surface area contributed by atoms with Crippen LogP contribution in [0, 0.1) is 0 Å². The number of hydrogen-bond donors (Lipinski definition) is 3. The number of aromatic hydroxyl groups is 1. The predicted octanol–water partition coefficient (Wildman–Crippen LogP) is 2.15. The number of carboxylic acids is 1. The number of pyridine rings is 1. The maximum Gasteiger partial charge on any atom is 0.345 e. The molecule has 0 radical (unpaired) electrons. The van der Waals surface area contributed by atoms with Crippen LogP contribution in [0.15, 0.2) is 33.8 Å². The average Bonchev–Trinajstić information content (AvgIpc) is 2.93. The Morgan fingerprint density at radius 1 is 1.41 bits per heavy atom. The Bertz CT molecular complexity index is 939. The van der Waals surface area contributed by atoms with Gasteiger partial charge in [0.15, 0.2) is 17.5 Å². The minimum absolute atomic E-state index is 0.354. The Labute approximate surface area is 123 Å². The third-order valence-electron chi connectivity index (χ3n) is 3.48. The van der Waals surface area contributed by atoms with E-state index in [1.807, 2.05) is 0 Å². The lowest BCUT2D eigenvalue weighted by Crippen LogP contribution is -2.20. The molecule has 0 amide bonds. The third kappa shape index (κ3) is 2.03. The zero-order chi connectivity index (χ0) is 15.9. The molecule has 3 N–H and O–H groups in total. The lowest BCUT2D eigenvalue weighted by molar-refractivity contribution is 0.0691. The Kier molecular flexibility index (Phi) is 3.17. The van der Waals surface area contributed by atoms with Gasteiger partial charge in [0.25, 0.3) is 5.56 Å². The summed E-state index contributed by atoms with van der Waals surface area (Å²) in [5.41, 5.74) is 1.02. The number of oxazole rings is 1. The number of aromatic nitrogens is 2. The highest BCUT2D eigenvalue weighted by Crippen LogP contribution is 2.31. The summed E-state index contributed by atoms with van der Waals surface area (Å²) >= 11 is 0. The molecule has 0 atom stereocenters. The summed E-state index contributed by atoms with van der Waals surface area (Å²) in [6.45, 7) is 1.76. The van der Waals surface area contributed by atoms with Crippen LogP contribution in [-0.2, 0) is 6.42 Å². The van der Waals surface area contributed by atoms with Crippen LogP contribution in [0.1, 0.15) is 22.8 Å². The number of rotatable bonds is 3. The van der Waals surface area contributed by atoms with Gasteiger partial charge in [0, 0.05) is 11.1 Å². The molecule has 3 rings (SSSR count). The van der Waals surface area contributed by atoms with E-state index in [1.54, 1.807) is 25.1 Å². The van der Waals surface area contributed by atoms with Crippen LogP contribution in [0.3, 0.4) is 0 Å². The van der Waals surface area contributed by atoms with Crippen molar-refractivity contribution in [1.82, 2.24) is 9.97 Å². The van der Waals surface area contributed by atoms with Crippen LogP contribution in [0.25, 0.3) is 22.4 Å². The summed E-state index contributed by atoms with van der Waals surface area (Å²) in [4.78, 5) is 29.6. The number of hydrogen-bond acceptors (Lipinski definition) is 5. The Morgan fingerprint density at radius 3 is 2.86 bits per heavy atom. The molecule has 0 unspecified atom stereocenters. The molecule has 0 saturated carbocycles.